The largest absolute Gasteiger partial charge is 0.379 e. The summed E-state index contributed by atoms with van der Waals surface area (Å²) in [6, 6.07) is 9.77. The number of halogens is 1. The summed E-state index contributed by atoms with van der Waals surface area (Å²) in [5, 5.41) is -0.957. The van der Waals surface area contributed by atoms with Crippen molar-refractivity contribution in [1.82, 2.24) is 9.80 Å². The number of rotatable bonds is 7. The van der Waals surface area contributed by atoms with Gasteiger partial charge in [0, 0.05) is 32.7 Å². The Morgan fingerprint density at radius 1 is 1.12 bits per heavy atom. The van der Waals surface area contributed by atoms with Crippen LogP contribution in [-0.4, -0.2) is 78.6 Å². The van der Waals surface area contributed by atoms with Crippen LogP contribution in [0.4, 0.5) is 0 Å². The number of aliphatic imine (C=N–C) groups is 1. The molecule has 3 rings (SSSR count). The highest BCUT2D eigenvalue weighted by Crippen LogP contribution is 2.17. The monoisotopic (exact) mass is 377 g/mol. The molecule has 7 heteroatoms. The van der Waals surface area contributed by atoms with Crippen molar-refractivity contribution < 1.29 is 14.3 Å². The number of carbonyl (C=O) groups is 2. The van der Waals surface area contributed by atoms with Crippen LogP contribution in [0.2, 0.25) is 0 Å². The molecule has 2 amide bonds. The van der Waals surface area contributed by atoms with Gasteiger partial charge in [-0.3, -0.25) is 24.4 Å². The van der Waals surface area contributed by atoms with Crippen molar-refractivity contribution in [2.45, 2.75) is 18.2 Å². The van der Waals surface area contributed by atoms with Crippen molar-refractivity contribution in [2.24, 2.45) is 4.99 Å². The standard InChI is InChI=1S/C19H24ClN3O3/c20-16-17(21-8-4-9-22-11-13-26-14-12-22)19(25)23(18(16)24)10-7-15-5-2-1-3-6-15/h1-3,5-6,16H,4,7-14H2. The van der Waals surface area contributed by atoms with E-state index < -0.39 is 5.38 Å². The first-order chi connectivity index (χ1) is 12.7. The summed E-state index contributed by atoms with van der Waals surface area (Å²) in [6.45, 7) is 5.13. The van der Waals surface area contributed by atoms with Crippen LogP contribution < -0.4 is 0 Å². The van der Waals surface area contributed by atoms with E-state index in [-0.39, 0.29) is 17.5 Å². The molecule has 6 nitrogen and oxygen atoms in total. The Balaban J connectivity index is 1.51. The minimum atomic E-state index is -0.957. The molecule has 1 aromatic carbocycles. The van der Waals surface area contributed by atoms with E-state index in [2.05, 4.69) is 9.89 Å². The number of carbonyl (C=O) groups excluding carboxylic acids is 2. The summed E-state index contributed by atoms with van der Waals surface area (Å²) < 4.78 is 5.32. The lowest BCUT2D eigenvalue weighted by Gasteiger charge is -2.26. The van der Waals surface area contributed by atoms with Gasteiger partial charge in [0.1, 0.15) is 5.71 Å². The van der Waals surface area contributed by atoms with E-state index in [0.29, 0.717) is 19.5 Å². The van der Waals surface area contributed by atoms with Crippen LogP contribution in [0.5, 0.6) is 0 Å². The van der Waals surface area contributed by atoms with Gasteiger partial charge in [-0.1, -0.05) is 30.3 Å². The maximum atomic E-state index is 12.5. The Morgan fingerprint density at radius 3 is 2.58 bits per heavy atom. The molecule has 2 fully saturated rings. The Labute approximate surface area is 158 Å². The molecule has 2 heterocycles. The predicted octanol–water partition coefficient (Wildman–Crippen LogP) is 1.37. The smallest absolute Gasteiger partial charge is 0.276 e. The van der Waals surface area contributed by atoms with Gasteiger partial charge in [0.15, 0.2) is 5.38 Å². The van der Waals surface area contributed by atoms with Gasteiger partial charge < -0.3 is 4.74 Å². The molecule has 2 aliphatic heterocycles. The molecule has 140 valence electrons. The van der Waals surface area contributed by atoms with Gasteiger partial charge in [-0.15, -0.1) is 11.6 Å². The zero-order chi connectivity index (χ0) is 18.4. The van der Waals surface area contributed by atoms with Gasteiger partial charge in [-0.25, -0.2) is 0 Å². The first-order valence-electron chi connectivity index (χ1n) is 9.05. The number of imide groups is 1. The number of morpholine rings is 1. The van der Waals surface area contributed by atoms with E-state index in [1.807, 2.05) is 30.3 Å². The molecule has 0 spiro atoms. The molecular formula is C19H24ClN3O3. The molecule has 26 heavy (non-hydrogen) atoms. The topological polar surface area (TPSA) is 62.2 Å². The second kappa shape index (κ2) is 9.26. The predicted molar refractivity (Wildman–Crippen MR) is 101 cm³/mol. The number of hydrogen-bond donors (Lipinski definition) is 0. The number of amides is 2. The summed E-state index contributed by atoms with van der Waals surface area (Å²) in [7, 11) is 0. The van der Waals surface area contributed by atoms with Gasteiger partial charge in [-0.05, 0) is 18.4 Å². The van der Waals surface area contributed by atoms with E-state index in [4.69, 9.17) is 16.3 Å². The number of ether oxygens (including phenoxy) is 1. The fourth-order valence-corrected chi connectivity index (χ4v) is 3.44. The number of alkyl halides is 1. The third kappa shape index (κ3) is 4.69. The van der Waals surface area contributed by atoms with Crippen molar-refractivity contribution in [3.8, 4) is 0 Å². The summed E-state index contributed by atoms with van der Waals surface area (Å²) in [6.07, 6.45) is 1.45. The zero-order valence-corrected chi connectivity index (χ0v) is 15.5. The normalized spacial score (nSPS) is 23.2. The molecule has 0 radical (unpaired) electrons. The molecule has 0 bridgehead atoms. The molecule has 0 aromatic heterocycles. The van der Waals surface area contributed by atoms with Crippen LogP contribution in [0.1, 0.15) is 12.0 Å². The van der Waals surface area contributed by atoms with E-state index in [9.17, 15) is 9.59 Å². The van der Waals surface area contributed by atoms with Crippen molar-refractivity contribution in [3.63, 3.8) is 0 Å². The summed E-state index contributed by atoms with van der Waals surface area (Å²) in [5.74, 6) is -0.711. The maximum Gasteiger partial charge on any atom is 0.276 e. The van der Waals surface area contributed by atoms with E-state index >= 15 is 0 Å². The average Bonchev–Trinajstić information content (AvgIpc) is 2.88. The third-order valence-corrected chi connectivity index (χ3v) is 5.07. The average molecular weight is 378 g/mol. The van der Waals surface area contributed by atoms with Crippen molar-refractivity contribution in [1.29, 1.82) is 0 Å². The molecule has 2 saturated heterocycles. The lowest BCUT2D eigenvalue weighted by Crippen LogP contribution is -2.37. The number of nitrogens with zero attached hydrogens (tertiary/aromatic N) is 3. The minimum absolute atomic E-state index is 0.187. The number of likely N-dealkylation sites (tertiary alicyclic amines) is 1. The van der Waals surface area contributed by atoms with Crippen molar-refractivity contribution in [3.05, 3.63) is 35.9 Å². The SMILES string of the molecule is O=C1C(=NCCCN2CCOCC2)C(Cl)C(=O)N1CCc1ccccc1. The van der Waals surface area contributed by atoms with Crippen molar-refractivity contribution in [2.75, 3.05) is 45.9 Å². The quantitative estimate of drug-likeness (QED) is 0.409. The molecule has 1 unspecified atom stereocenters. The minimum Gasteiger partial charge on any atom is -0.379 e. The third-order valence-electron chi connectivity index (χ3n) is 4.67. The maximum absolute atomic E-state index is 12.5. The first-order valence-corrected chi connectivity index (χ1v) is 9.48. The summed E-state index contributed by atoms with van der Waals surface area (Å²) in [4.78, 5) is 32.7. The Morgan fingerprint density at radius 2 is 1.85 bits per heavy atom. The van der Waals surface area contributed by atoms with Gasteiger partial charge in [-0.2, -0.15) is 0 Å². The highest BCUT2D eigenvalue weighted by atomic mass is 35.5. The highest BCUT2D eigenvalue weighted by molar-refractivity contribution is 6.63. The molecule has 1 atom stereocenters. The molecule has 2 aliphatic rings. The number of hydrogen-bond acceptors (Lipinski definition) is 5. The Kier molecular flexibility index (Phi) is 6.77. The Bertz CT molecular complexity index is 659. The molecule has 0 saturated carbocycles. The second-order valence-electron chi connectivity index (χ2n) is 6.47. The van der Waals surface area contributed by atoms with Crippen LogP contribution in [0.3, 0.4) is 0 Å². The lowest BCUT2D eigenvalue weighted by molar-refractivity contribution is -0.136. The van der Waals surface area contributed by atoms with Gasteiger partial charge in [0.2, 0.25) is 0 Å². The summed E-state index contributed by atoms with van der Waals surface area (Å²) >= 11 is 6.16. The van der Waals surface area contributed by atoms with Crippen LogP contribution in [-0.2, 0) is 20.7 Å². The van der Waals surface area contributed by atoms with Crippen LogP contribution in [0.25, 0.3) is 0 Å². The van der Waals surface area contributed by atoms with Crippen LogP contribution in [0, 0.1) is 0 Å². The first kappa shape index (κ1) is 19.0. The fourth-order valence-electron chi connectivity index (χ4n) is 3.16. The molecule has 0 aliphatic carbocycles. The van der Waals surface area contributed by atoms with Gasteiger partial charge in [0.05, 0.1) is 13.2 Å². The highest BCUT2D eigenvalue weighted by Gasteiger charge is 2.43. The van der Waals surface area contributed by atoms with Crippen LogP contribution >= 0.6 is 11.6 Å². The van der Waals surface area contributed by atoms with E-state index in [0.717, 1.165) is 44.8 Å². The fraction of sp³-hybridized carbons (Fsp3) is 0.526. The van der Waals surface area contributed by atoms with Gasteiger partial charge in [0.25, 0.3) is 11.8 Å². The second-order valence-corrected chi connectivity index (χ2v) is 6.90. The van der Waals surface area contributed by atoms with Crippen LogP contribution in [0.15, 0.2) is 35.3 Å². The molecule has 0 N–H and O–H groups in total. The molecule has 1 aromatic rings. The van der Waals surface area contributed by atoms with E-state index in [1.54, 1.807) is 0 Å². The lowest BCUT2D eigenvalue weighted by atomic mass is 10.1. The zero-order valence-electron chi connectivity index (χ0n) is 14.8. The van der Waals surface area contributed by atoms with E-state index in [1.165, 1.54) is 4.90 Å². The number of benzene rings is 1. The van der Waals surface area contributed by atoms with Gasteiger partial charge >= 0.3 is 0 Å². The van der Waals surface area contributed by atoms with Crippen molar-refractivity contribution >= 4 is 29.1 Å². The molecular weight excluding hydrogens is 354 g/mol. The summed E-state index contributed by atoms with van der Waals surface area (Å²) in [5.41, 5.74) is 1.27. The Hall–Kier alpha value is -1.76.